The molecule has 0 radical (unpaired) electrons. The highest BCUT2D eigenvalue weighted by Crippen LogP contribution is 2.22. The van der Waals surface area contributed by atoms with Crippen LogP contribution in [0, 0.1) is 4.77 Å². The van der Waals surface area contributed by atoms with Gasteiger partial charge in [-0.15, -0.1) is 0 Å². The van der Waals surface area contributed by atoms with E-state index in [4.69, 9.17) is 40.2 Å². The van der Waals surface area contributed by atoms with Crippen LogP contribution in [-0.2, 0) is 0 Å². The van der Waals surface area contributed by atoms with E-state index in [9.17, 15) is 0 Å². The molecule has 9 heteroatoms. The van der Waals surface area contributed by atoms with Gasteiger partial charge in [0.2, 0.25) is 4.77 Å². The predicted octanol–water partition coefficient (Wildman–Crippen LogP) is 4.89. The monoisotopic (exact) mass is 407 g/mol. The van der Waals surface area contributed by atoms with E-state index in [0.29, 0.717) is 27.2 Å². The van der Waals surface area contributed by atoms with Crippen LogP contribution < -0.4 is 10.3 Å². The number of H-pyrrole nitrogens is 1. The molecule has 134 valence electrons. The minimum absolute atomic E-state index is 0.389. The molecular formula is C17H15Cl2N5OS. The highest BCUT2D eigenvalue weighted by atomic mass is 35.5. The van der Waals surface area contributed by atoms with Crippen molar-refractivity contribution in [2.75, 3.05) is 12.1 Å². The predicted molar refractivity (Wildman–Crippen MR) is 107 cm³/mol. The fourth-order valence-electron chi connectivity index (χ4n) is 2.20. The Morgan fingerprint density at radius 1 is 1.23 bits per heavy atom. The van der Waals surface area contributed by atoms with Gasteiger partial charge in [-0.05, 0) is 61.1 Å². The Hall–Kier alpha value is -2.35. The summed E-state index contributed by atoms with van der Waals surface area (Å²) in [7, 11) is 0. The van der Waals surface area contributed by atoms with Gasteiger partial charge in [-0.25, -0.2) is 10.6 Å². The van der Waals surface area contributed by atoms with Crippen LogP contribution in [0.3, 0.4) is 0 Å². The highest BCUT2D eigenvalue weighted by Gasteiger charge is 2.08. The minimum atomic E-state index is 0.389. The molecule has 0 saturated carbocycles. The van der Waals surface area contributed by atoms with Crippen molar-refractivity contribution in [3.05, 3.63) is 62.8 Å². The van der Waals surface area contributed by atoms with Crippen molar-refractivity contribution in [2.24, 2.45) is 5.10 Å². The molecule has 0 aliphatic heterocycles. The number of aromatic nitrogens is 3. The van der Waals surface area contributed by atoms with Crippen molar-refractivity contribution in [1.29, 1.82) is 0 Å². The van der Waals surface area contributed by atoms with Gasteiger partial charge in [-0.2, -0.15) is 14.9 Å². The van der Waals surface area contributed by atoms with Crippen molar-refractivity contribution in [1.82, 2.24) is 14.9 Å². The van der Waals surface area contributed by atoms with Crippen LogP contribution in [0.2, 0.25) is 10.0 Å². The van der Waals surface area contributed by atoms with Crippen LogP contribution in [-0.4, -0.2) is 27.7 Å². The Labute approximate surface area is 165 Å². The molecule has 3 aromatic rings. The molecule has 0 atom stereocenters. The topological polar surface area (TPSA) is 67.2 Å². The van der Waals surface area contributed by atoms with Gasteiger partial charge in [0.25, 0.3) is 0 Å². The number of hydrogen-bond acceptors (Lipinski definition) is 5. The third kappa shape index (κ3) is 4.24. The summed E-state index contributed by atoms with van der Waals surface area (Å²) in [6.07, 6.45) is 1.61. The zero-order valence-corrected chi connectivity index (χ0v) is 16.1. The van der Waals surface area contributed by atoms with Crippen molar-refractivity contribution in [3.8, 4) is 17.1 Å². The SMILES string of the molecule is CCOc1ccc(-c2n[nH]c(=S)n2N/N=C\c2ccc(Cl)c(Cl)c2)cc1. The standard InChI is InChI=1S/C17H15Cl2N5OS/c1-2-25-13-6-4-12(5-7-13)16-21-22-17(26)24(16)23-20-10-11-3-8-14(18)15(19)9-11/h3-10,23H,2H2,1H3,(H,22,26)/b20-10-. The highest BCUT2D eigenvalue weighted by molar-refractivity contribution is 7.71. The third-order valence-electron chi connectivity index (χ3n) is 3.41. The number of nitrogens with zero attached hydrogens (tertiary/aromatic N) is 3. The first-order valence-electron chi connectivity index (χ1n) is 7.73. The lowest BCUT2D eigenvalue weighted by Gasteiger charge is -2.07. The molecule has 0 spiro atoms. The Bertz CT molecular complexity index is 982. The molecule has 0 aliphatic rings. The van der Waals surface area contributed by atoms with Crippen LogP contribution in [0.25, 0.3) is 11.4 Å². The number of aromatic amines is 1. The molecular weight excluding hydrogens is 393 g/mol. The minimum Gasteiger partial charge on any atom is -0.494 e. The van der Waals surface area contributed by atoms with Gasteiger partial charge in [0, 0.05) is 5.56 Å². The molecule has 0 aliphatic carbocycles. The van der Waals surface area contributed by atoms with Gasteiger partial charge in [-0.3, -0.25) is 0 Å². The Morgan fingerprint density at radius 3 is 2.69 bits per heavy atom. The van der Waals surface area contributed by atoms with Crippen LogP contribution in [0.5, 0.6) is 5.75 Å². The molecule has 0 fully saturated rings. The fraction of sp³-hybridized carbons (Fsp3) is 0.118. The summed E-state index contributed by atoms with van der Waals surface area (Å²) in [5.41, 5.74) is 4.52. The number of ether oxygens (including phenoxy) is 1. The first-order valence-corrected chi connectivity index (χ1v) is 8.89. The molecule has 0 amide bonds. The van der Waals surface area contributed by atoms with Crippen LogP contribution in [0.15, 0.2) is 47.6 Å². The van der Waals surface area contributed by atoms with Gasteiger partial charge < -0.3 is 4.74 Å². The molecule has 3 rings (SSSR count). The van der Waals surface area contributed by atoms with Gasteiger partial charge in [0.05, 0.1) is 22.9 Å². The lowest BCUT2D eigenvalue weighted by atomic mass is 10.2. The van der Waals surface area contributed by atoms with Crippen LogP contribution in [0.4, 0.5) is 0 Å². The van der Waals surface area contributed by atoms with Crippen molar-refractivity contribution in [2.45, 2.75) is 6.92 Å². The summed E-state index contributed by atoms with van der Waals surface area (Å²) in [5, 5.41) is 12.1. The van der Waals surface area contributed by atoms with Gasteiger partial charge >= 0.3 is 0 Å². The molecule has 0 bridgehead atoms. The largest absolute Gasteiger partial charge is 0.494 e. The summed E-state index contributed by atoms with van der Waals surface area (Å²) in [6, 6.07) is 12.8. The molecule has 2 N–H and O–H groups in total. The van der Waals surface area contributed by atoms with E-state index in [2.05, 4.69) is 20.8 Å². The van der Waals surface area contributed by atoms with E-state index in [0.717, 1.165) is 16.9 Å². The second-order valence-corrected chi connectivity index (χ2v) is 6.38. The Morgan fingerprint density at radius 2 is 2.00 bits per heavy atom. The molecule has 0 unspecified atom stereocenters. The average molecular weight is 408 g/mol. The van der Waals surface area contributed by atoms with Gasteiger partial charge in [-0.1, -0.05) is 29.3 Å². The zero-order chi connectivity index (χ0) is 18.5. The van der Waals surface area contributed by atoms with Crippen molar-refractivity contribution in [3.63, 3.8) is 0 Å². The van der Waals surface area contributed by atoms with E-state index in [-0.39, 0.29) is 0 Å². The summed E-state index contributed by atoms with van der Waals surface area (Å²) >= 11 is 17.2. The Balaban J connectivity index is 1.80. The molecule has 6 nitrogen and oxygen atoms in total. The van der Waals surface area contributed by atoms with Crippen LogP contribution >= 0.6 is 35.4 Å². The second-order valence-electron chi connectivity index (χ2n) is 5.18. The molecule has 1 heterocycles. The lowest BCUT2D eigenvalue weighted by Crippen LogP contribution is -2.10. The van der Waals surface area contributed by atoms with E-state index in [1.807, 2.05) is 31.2 Å². The van der Waals surface area contributed by atoms with E-state index in [1.54, 1.807) is 29.1 Å². The number of nitrogens with one attached hydrogen (secondary N) is 2. The maximum atomic E-state index is 6.00. The lowest BCUT2D eigenvalue weighted by molar-refractivity contribution is 0.340. The molecule has 0 saturated heterocycles. The normalized spacial score (nSPS) is 11.0. The summed E-state index contributed by atoms with van der Waals surface area (Å²) in [5.74, 6) is 1.40. The zero-order valence-electron chi connectivity index (χ0n) is 13.7. The van der Waals surface area contributed by atoms with Crippen LogP contribution in [0.1, 0.15) is 12.5 Å². The smallest absolute Gasteiger partial charge is 0.216 e. The second kappa shape index (κ2) is 8.35. The quantitative estimate of drug-likeness (QED) is 0.346. The van der Waals surface area contributed by atoms with Gasteiger partial charge in [0.15, 0.2) is 5.82 Å². The van der Waals surface area contributed by atoms with Crippen molar-refractivity contribution >= 4 is 41.6 Å². The molecule has 1 aromatic heterocycles. The first-order chi connectivity index (χ1) is 12.6. The maximum absolute atomic E-state index is 6.00. The third-order valence-corrected chi connectivity index (χ3v) is 4.42. The molecule has 2 aromatic carbocycles. The van der Waals surface area contributed by atoms with Crippen molar-refractivity contribution < 1.29 is 4.74 Å². The number of benzene rings is 2. The molecule has 26 heavy (non-hydrogen) atoms. The number of halogens is 2. The number of rotatable bonds is 6. The number of hydrazone groups is 1. The van der Waals surface area contributed by atoms with E-state index >= 15 is 0 Å². The summed E-state index contributed by atoms with van der Waals surface area (Å²) < 4.78 is 7.41. The summed E-state index contributed by atoms with van der Waals surface area (Å²) in [6.45, 7) is 2.55. The van der Waals surface area contributed by atoms with E-state index < -0.39 is 0 Å². The maximum Gasteiger partial charge on any atom is 0.216 e. The first kappa shape index (κ1) is 18.4. The Kier molecular flexibility index (Phi) is 5.92. The van der Waals surface area contributed by atoms with E-state index in [1.165, 1.54) is 0 Å². The number of hydrogen-bond donors (Lipinski definition) is 2. The average Bonchev–Trinajstić information content (AvgIpc) is 3.00. The fourth-order valence-corrected chi connectivity index (χ4v) is 2.68. The van der Waals surface area contributed by atoms with Gasteiger partial charge in [0.1, 0.15) is 5.75 Å². The summed E-state index contributed by atoms with van der Waals surface area (Å²) in [4.78, 5) is 0.